The van der Waals surface area contributed by atoms with Crippen molar-refractivity contribution in [2.75, 3.05) is 0 Å². The molecule has 0 saturated carbocycles. The molecule has 238 valence electrons. The second-order valence-corrected chi connectivity index (χ2v) is 15.1. The molecule has 0 aliphatic heterocycles. The van der Waals surface area contributed by atoms with Crippen molar-refractivity contribution in [1.82, 2.24) is 9.97 Å². The van der Waals surface area contributed by atoms with Gasteiger partial charge in [0.15, 0.2) is 0 Å². The minimum Gasteiger partial charge on any atom is -0.455 e. The van der Waals surface area contributed by atoms with E-state index in [4.69, 9.17) is 8.53 Å². The topological polar surface area (TPSA) is 38.9 Å². The molecule has 7 rings (SSSR count). The Morgan fingerprint density at radius 1 is 0.660 bits per heavy atom. The quantitative estimate of drug-likeness (QED) is 0.180. The zero-order chi connectivity index (χ0) is 35.9. The van der Waals surface area contributed by atoms with E-state index in [2.05, 4.69) is 121 Å². The molecule has 3 heteroatoms. The van der Waals surface area contributed by atoms with Crippen LogP contribution in [0, 0.1) is 6.85 Å². The molecule has 0 saturated heterocycles. The molecule has 0 spiro atoms. The van der Waals surface area contributed by atoms with E-state index in [-0.39, 0.29) is 11.0 Å². The maximum absolute atomic E-state index is 8.46. The molecule has 2 aromatic heterocycles. The predicted molar refractivity (Wildman–Crippen MR) is 201 cm³/mol. The van der Waals surface area contributed by atoms with Crippen molar-refractivity contribution in [3.63, 3.8) is 0 Å². The molecule has 0 amide bonds. The Morgan fingerprint density at radius 2 is 1.34 bits per heavy atom. The molecule has 0 bridgehead atoms. The van der Waals surface area contributed by atoms with Gasteiger partial charge in [-0.1, -0.05) is 111 Å². The summed E-state index contributed by atoms with van der Waals surface area (Å²) < 4.78 is 32.2. The standard InChI is InChI=1S/C44H46N2O/c1-24(2)31-20-35(25(3)4)40(36(21-31)26(5)6)30-15-17-32-29(19-30)13-12-28-14-18-34-39-27(7)11-16-33(42(39)47-43(34)41(28)32)37-22-38(44(8,9)10)46-23-45-37/h11-26H,1-10H3/i7D3. The summed E-state index contributed by atoms with van der Waals surface area (Å²) in [6.45, 7) is 17.7. The Morgan fingerprint density at radius 3 is 2.00 bits per heavy atom. The van der Waals surface area contributed by atoms with Crippen molar-refractivity contribution >= 4 is 43.5 Å². The lowest BCUT2D eigenvalue weighted by molar-refractivity contribution is 0.567. The highest BCUT2D eigenvalue weighted by atomic mass is 16.3. The van der Waals surface area contributed by atoms with E-state index in [1.807, 2.05) is 18.2 Å². The molecule has 3 nitrogen and oxygen atoms in total. The first-order valence-electron chi connectivity index (χ1n) is 18.4. The predicted octanol–water partition coefficient (Wildman–Crippen LogP) is 13.0. The summed E-state index contributed by atoms with van der Waals surface area (Å²) in [4.78, 5) is 9.16. The number of aromatic nitrogens is 2. The van der Waals surface area contributed by atoms with Gasteiger partial charge in [0.05, 0.1) is 5.69 Å². The molecule has 0 radical (unpaired) electrons. The molecular weight excluding hydrogens is 572 g/mol. The summed E-state index contributed by atoms with van der Waals surface area (Å²) in [6, 6.07) is 25.5. The van der Waals surface area contributed by atoms with Gasteiger partial charge in [-0.2, -0.15) is 0 Å². The first kappa shape index (κ1) is 27.6. The van der Waals surface area contributed by atoms with Crippen LogP contribution in [-0.4, -0.2) is 9.97 Å². The lowest BCUT2D eigenvalue weighted by atomic mass is 9.81. The van der Waals surface area contributed by atoms with Crippen LogP contribution in [0.4, 0.5) is 0 Å². The number of aryl methyl sites for hydroxylation is 1. The van der Waals surface area contributed by atoms with E-state index in [9.17, 15) is 0 Å². The summed E-state index contributed by atoms with van der Waals surface area (Å²) in [7, 11) is 0. The fourth-order valence-corrected chi connectivity index (χ4v) is 7.04. The Balaban J connectivity index is 1.52. The first-order valence-corrected chi connectivity index (χ1v) is 16.9. The van der Waals surface area contributed by atoms with Crippen LogP contribution in [-0.2, 0) is 5.41 Å². The van der Waals surface area contributed by atoms with E-state index in [1.54, 1.807) is 12.4 Å². The van der Waals surface area contributed by atoms with Crippen LogP contribution in [0.1, 0.15) is 112 Å². The maximum Gasteiger partial charge on any atom is 0.145 e. The molecule has 5 aromatic carbocycles. The Hall–Kier alpha value is -4.50. The van der Waals surface area contributed by atoms with Crippen LogP contribution in [0.3, 0.4) is 0 Å². The fraction of sp³-hybridized carbons (Fsp3) is 0.318. The van der Waals surface area contributed by atoms with Crippen molar-refractivity contribution in [2.24, 2.45) is 0 Å². The Bertz CT molecular complexity index is 2410. The highest BCUT2D eigenvalue weighted by Crippen LogP contribution is 2.44. The zero-order valence-electron chi connectivity index (χ0n) is 32.0. The van der Waals surface area contributed by atoms with Gasteiger partial charge in [0.1, 0.15) is 17.5 Å². The molecule has 0 atom stereocenters. The molecule has 0 unspecified atom stereocenters. The number of hydrogen-bond donors (Lipinski definition) is 0. The Labute approximate surface area is 283 Å². The van der Waals surface area contributed by atoms with Gasteiger partial charge >= 0.3 is 0 Å². The van der Waals surface area contributed by atoms with Crippen molar-refractivity contribution in [1.29, 1.82) is 0 Å². The average molecular weight is 622 g/mol. The van der Waals surface area contributed by atoms with E-state index >= 15 is 0 Å². The molecule has 0 fully saturated rings. The normalized spacial score (nSPS) is 13.8. The first-order chi connectivity index (χ1) is 23.5. The number of fused-ring (bicyclic) bond motifs is 7. The second kappa shape index (κ2) is 11.3. The van der Waals surface area contributed by atoms with Crippen LogP contribution in [0.15, 0.2) is 83.5 Å². The average Bonchev–Trinajstić information content (AvgIpc) is 3.45. The third-order valence-corrected chi connectivity index (χ3v) is 9.72. The van der Waals surface area contributed by atoms with Gasteiger partial charge < -0.3 is 4.42 Å². The van der Waals surface area contributed by atoms with E-state index in [0.29, 0.717) is 40.0 Å². The summed E-state index contributed by atoms with van der Waals surface area (Å²) in [6.07, 6.45) is 1.58. The number of benzene rings is 5. The monoisotopic (exact) mass is 621 g/mol. The van der Waals surface area contributed by atoms with E-state index < -0.39 is 6.85 Å². The second-order valence-electron chi connectivity index (χ2n) is 15.1. The van der Waals surface area contributed by atoms with Crippen molar-refractivity contribution in [3.8, 4) is 22.4 Å². The summed E-state index contributed by atoms with van der Waals surface area (Å²) >= 11 is 0. The van der Waals surface area contributed by atoms with Crippen LogP contribution in [0.25, 0.3) is 65.9 Å². The molecule has 0 N–H and O–H groups in total. The lowest BCUT2D eigenvalue weighted by Gasteiger charge is -2.23. The molecular formula is C44H46N2O. The minimum absolute atomic E-state index is 0.181. The molecule has 47 heavy (non-hydrogen) atoms. The molecule has 2 heterocycles. The largest absolute Gasteiger partial charge is 0.455 e. The van der Waals surface area contributed by atoms with Crippen molar-refractivity contribution in [3.05, 3.63) is 107 Å². The van der Waals surface area contributed by atoms with Crippen LogP contribution in [0.5, 0.6) is 0 Å². The highest BCUT2D eigenvalue weighted by molar-refractivity contribution is 6.24. The van der Waals surface area contributed by atoms with Crippen LogP contribution >= 0.6 is 0 Å². The lowest BCUT2D eigenvalue weighted by Crippen LogP contribution is -2.13. The fourth-order valence-electron chi connectivity index (χ4n) is 7.04. The van der Waals surface area contributed by atoms with Crippen LogP contribution < -0.4 is 0 Å². The molecule has 0 aliphatic carbocycles. The highest BCUT2D eigenvalue weighted by Gasteiger charge is 2.22. The van der Waals surface area contributed by atoms with Gasteiger partial charge in [-0.05, 0) is 98.4 Å². The SMILES string of the molecule is [2H]C([2H])([2H])c1ccc(-c2cc(C(C)(C)C)ncn2)c2oc3c(ccc4ccc5cc(-c6c(C(C)C)cc(C(C)C)cc6C(C)C)ccc5c43)c12. The number of hydrogen-bond acceptors (Lipinski definition) is 3. The maximum atomic E-state index is 8.46. The summed E-state index contributed by atoms with van der Waals surface area (Å²) in [5.74, 6) is 1.20. The summed E-state index contributed by atoms with van der Waals surface area (Å²) in [5.41, 5.74) is 10.3. The van der Waals surface area contributed by atoms with Gasteiger partial charge in [0.25, 0.3) is 0 Å². The third kappa shape index (κ3) is 5.21. The van der Waals surface area contributed by atoms with Crippen LogP contribution in [0.2, 0.25) is 0 Å². The summed E-state index contributed by atoms with van der Waals surface area (Å²) in [5, 5.41) is 5.60. The van der Waals surface area contributed by atoms with Crippen molar-refractivity contribution in [2.45, 2.75) is 92.3 Å². The zero-order valence-corrected chi connectivity index (χ0v) is 29.0. The van der Waals surface area contributed by atoms with Crippen molar-refractivity contribution < 1.29 is 8.53 Å². The van der Waals surface area contributed by atoms with Gasteiger partial charge in [-0.15, -0.1) is 0 Å². The van der Waals surface area contributed by atoms with Gasteiger partial charge in [-0.25, -0.2) is 9.97 Å². The van der Waals surface area contributed by atoms with Gasteiger partial charge in [0.2, 0.25) is 0 Å². The van der Waals surface area contributed by atoms with Gasteiger partial charge in [-0.3, -0.25) is 0 Å². The van der Waals surface area contributed by atoms with E-state index in [0.717, 1.165) is 38.2 Å². The smallest absolute Gasteiger partial charge is 0.145 e. The number of furan rings is 1. The number of rotatable bonds is 5. The van der Waals surface area contributed by atoms with E-state index in [1.165, 1.54) is 27.8 Å². The number of nitrogens with zero attached hydrogens (tertiary/aromatic N) is 2. The molecule has 0 aliphatic rings. The third-order valence-electron chi connectivity index (χ3n) is 9.72. The minimum atomic E-state index is -2.33. The van der Waals surface area contributed by atoms with Gasteiger partial charge in [0, 0.05) is 36.9 Å². The molecule has 7 aromatic rings. The Kier molecular flexibility index (Phi) is 6.65.